The molecule has 0 aromatic carbocycles. The SMILES string of the molecule is CN1C(=O)[C@@H](NC(=O)c2cc(C3(n4nccn4)CC3)on2)CCc2cccnc21. The molecule has 1 fully saturated rings. The minimum absolute atomic E-state index is 0.133. The summed E-state index contributed by atoms with van der Waals surface area (Å²) >= 11 is 0. The average Bonchev–Trinajstić information content (AvgIpc) is 3.17. The second kappa shape index (κ2) is 6.50. The topological polar surface area (TPSA) is 119 Å². The van der Waals surface area contributed by atoms with Crippen molar-refractivity contribution in [2.75, 3.05) is 11.9 Å². The monoisotopic (exact) mass is 393 g/mol. The normalized spacial score (nSPS) is 20.1. The van der Waals surface area contributed by atoms with Gasteiger partial charge in [0.15, 0.2) is 11.5 Å². The van der Waals surface area contributed by atoms with Gasteiger partial charge in [-0.25, -0.2) is 4.98 Å². The Labute approximate surface area is 165 Å². The molecule has 0 spiro atoms. The Morgan fingerprint density at radius 3 is 2.83 bits per heavy atom. The van der Waals surface area contributed by atoms with E-state index in [0.717, 1.165) is 18.4 Å². The minimum atomic E-state index is -0.662. The molecule has 4 heterocycles. The van der Waals surface area contributed by atoms with Crippen LogP contribution in [0.15, 0.2) is 41.3 Å². The van der Waals surface area contributed by atoms with Crippen molar-refractivity contribution < 1.29 is 14.1 Å². The van der Waals surface area contributed by atoms with Crippen LogP contribution in [0.4, 0.5) is 5.82 Å². The minimum Gasteiger partial charge on any atom is -0.358 e. The van der Waals surface area contributed by atoms with Crippen LogP contribution in [0.5, 0.6) is 0 Å². The van der Waals surface area contributed by atoms with E-state index in [1.54, 1.807) is 36.5 Å². The highest BCUT2D eigenvalue weighted by Crippen LogP contribution is 2.48. The number of nitrogens with zero attached hydrogens (tertiary/aromatic N) is 6. The third kappa shape index (κ3) is 2.87. The van der Waals surface area contributed by atoms with Gasteiger partial charge in [0.25, 0.3) is 5.91 Å². The number of amides is 2. The molecule has 2 amide bonds. The van der Waals surface area contributed by atoms with Gasteiger partial charge >= 0.3 is 0 Å². The van der Waals surface area contributed by atoms with Gasteiger partial charge in [0.05, 0.1) is 12.4 Å². The first-order valence-corrected chi connectivity index (χ1v) is 9.45. The molecular formula is C19H19N7O3. The number of anilines is 1. The van der Waals surface area contributed by atoms with Crippen molar-refractivity contribution in [2.45, 2.75) is 37.3 Å². The van der Waals surface area contributed by atoms with Crippen molar-refractivity contribution in [1.29, 1.82) is 0 Å². The Morgan fingerprint density at radius 1 is 1.28 bits per heavy atom. The molecule has 2 aliphatic rings. The first kappa shape index (κ1) is 17.5. The quantitative estimate of drug-likeness (QED) is 0.699. The van der Waals surface area contributed by atoms with Crippen LogP contribution in [0.25, 0.3) is 0 Å². The van der Waals surface area contributed by atoms with E-state index >= 15 is 0 Å². The van der Waals surface area contributed by atoms with Crippen LogP contribution in [-0.4, -0.2) is 50.0 Å². The first-order chi connectivity index (χ1) is 14.1. The van der Waals surface area contributed by atoms with Crippen molar-refractivity contribution in [2.24, 2.45) is 0 Å². The second-order valence-electron chi connectivity index (χ2n) is 7.37. The number of pyridine rings is 1. The van der Waals surface area contributed by atoms with Crippen molar-refractivity contribution in [3.8, 4) is 0 Å². The molecular weight excluding hydrogens is 374 g/mol. The number of aryl methyl sites for hydroxylation is 1. The number of nitrogens with one attached hydrogen (secondary N) is 1. The van der Waals surface area contributed by atoms with Gasteiger partial charge in [-0.05, 0) is 37.3 Å². The third-order valence-corrected chi connectivity index (χ3v) is 5.55. The highest BCUT2D eigenvalue weighted by atomic mass is 16.5. The lowest BCUT2D eigenvalue weighted by molar-refractivity contribution is -0.120. The first-order valence-electron chi connectivity index (χ1n) is 9.45. The van der Waals surface area contributed by atoms with Crippen LogP contribution in [-0.2, 0) is 16.8 Å². The van der Waals surface area contributed by atoms with Crippen LogP contribution >= 0.6 is 0 Å². The number of fused-ring (bicyclic) bond motifs is 1. The van der Waals surface area contributed by atoms with Gasteiger partial charge < -0.3 is 9.84 Å². The van der Waals surface area contributed by atoms with Gasteiger partial charge in [0.2, 0.25) is 5.91 Å². The molecule has 1 aliphatic carbocycles. The highest BCUT2D eigenvalue weighted by Gasteiger charge is 2.52. The lowest BCUT2D eigenvalue weighted by Crippen LogP contribution is -2.47. The van der Waals surface area contributed by atoms with E-state index in [9.17, 15) is 9.59 Å². The average molecular weight is 393 g/mol. The fourth-order valence-corrected chi connectivity index (χ4v) is 3.76. The van der Waals surface area contributed by atoms with E-state index in [1.165, 1.54) is 4.90 Å². The Bertz CT molecular complexity index is 1070. The second-order valence-corrected chi connectivity index (χ2v) is 7.37. The molecule has 5 rings (SSSR count). The number of aromatic nitrogens is 5. The number of hydrogen-bond donors (Lipinski definition) is 1. The molecule has 0 radical (unpaired) electrons. The molecule has 0 saturated heterocycles. The maximum absolute atomic E-state index is 12.8. The van der Waals surface area contributed by atoms with Crippen LogP contribution in [0, 0.1) is 0 Å². The summed E-state index contributed by atoms with van der Waals surface area (Å²) in [5, 5.41) is 15.1. The van der Waals surface area contributed by atoms with Gasteiger partial charge in [-0.3, -0.25) is 14.5 Å². The molecule has 10 nitrogen and oxygen atoms in total. The summed E-state index contributed by atoms with van der Waals surface area (Å²) in [6.07, 6.45) is 7.61. The molecule has 3 aromatic rings. The van der Waals surface area contributed by atoms with Gasteiger partial charge in [0, 0.05) is 19.3 Å². The lowest BCUT2D eigenvalue weighted by Gasteiger charge is -2.20. The Balaban J connectivity index is 1.33. The Kier molecular flexibility index (Phi) is 3.93. The number of carbonyl (C=O) groups excluding carboxylic acids is 2. The van der Waals surface area contributed by atoms with Gasteiger partial charge in [-0.1, -0.05) is 11.2 Å². The summed E-state index contributed by atoms with van der Waals surface area (Å²) in [5.74, 6) is 0.508. The summed E-state index contributed by atoms with van der Waals surface area (Å²) in [6.45, 7) is 0. The lowest BCUT2D eigenvalue weighted by atomic mass is 10.1. The molecule has 0 bridgehead atoms. The van der Waals surface area contributed by atoms with Crippen LogP contribution < -0.4 is 10.2 Å². The Hall–Kier alpha value is -3.56. The van der Waals surface area contributed by atoms with E-state index in [2.05, 4.69) is 25.7 Å². The highest BCUT2D eigenvalue weighted by molar-refractivity contribution is 6.01. The van der Waals surface area contributed by atoms with Crippen molar-refractivity contribution in [3.05, 3.63) is 53.8 Å². The summed E-state index contributed by atoms with van der Waals surface area (Å²) in [4.78, 5) is 32.9. The van der Waals surface area contributed by atoms with E-state index < -0.39 is 17.5 Å². The molecule has 148 valence electrons. The zero-order chi connectivity index (χ0) is 20.0. The molecule has 1 aliphatic heterocycles. The zero-order valence-electron chi connectivity index (χ0n) is 15.8. The molecule has 29 heavy (non-hydrogen) atoms. The fourth-order valence-electron chi connectivity index (χ4n) is 3.76. The van der Waals surface area contributed by atoms with Crippen molar-refractivity contribution in [1.82, 2.24) is 30.5 Å². The zero-order valence-corrected chi connectivity index (χ0v) is 15.8. The largest absolute Gasteiger partial charge is 0.358 e. The summed E-state index contributed by atoms with van der Waals surface area (Å²) in [7, 11) is 1.67. The number of rotatable bonds is 4. The molecule has 3 aromatic heterocycles. The van der Waals surface area contributed by atoms with Gasteiger partial charge in [-0.2, -0.15) is 15.0 Å². The van der Waals surface area contributed by atoms with Gasteiger partial charge in [-0.15, -0.1) is 0 Å². The molecule has 1 N–H and O–H groups in total. The number of hydrogen-bond acceptors (Lipinski definition) is 7. The predicted octanol–water partition coefficient (Wildman–Crippen LogP) is 0.906. The summed E-state index contributed by atoms with van der Waals surface area (Å²) in [6, 6.07) is 4.73. The van der Waals surface area contributed by atoms with E-state index in [1.807, 2.05) is 12.1 Å². The predicted molar refractivity (Wildman–Crippen MR) is 100 cm³/mol. The summed E-state index contributed by atoms with van der Waals surface area (Å²) < 4.78 is 5.43. The Morgan fingerprint density at radius 2 is 2.07 bits per heavy atom. The molecule has 1 atom stereocenters. The summed E-state index contributed by atoms with van der Waals surface area (Å²) in [5.41, 5.74) is 0.640. The molecule has 0 unspecified atom stereocenters. The standard InChI is InChI=1S/C19H19N7O3/c1-25-16-12(3-2-8-20-16)4-5-13(18(25)28)23-17(27)14-11-15(29-24-14)19(6-7-19)26-21-9-10-22-26/h2-3,8-11,13H,4-7H2,1H3,(H,23,27)/t13-/m0/s1. The van der Waals surface area contributed by atoms with Crippen LogP contribution in [0.1, 0.15) is 41.1 Å². The van der Waals surface area contributed by atoms with Gasteiger partial charge in [0.1, 0.15) is 17.4 Å². The van der Waals surface area contributed by atoms with E-state index in [0.29, 0.717) is 24.4 Å². The number of likely N-dealkylation sites (N-methyl/N-ethyl adjacent to an activating group) is 1. The van der Waals surface area contributed by atoms with Crippen molar-refractivity contribution >= 4 is 17.6 Å². The number of carbonyl (C=O) groups is 2. The van der Waals surface area contributed by atoms with E-state index in [4.69, 9.17) is 4.52 Å². The third-order valence-electron chi connectivity index (χ3n) is 5.55. The fraction of sp³-hybridized carbons (Fsp3) is 0.368. The maximum atomic E-state index is 12.8. The van der Waals surface area contributed by atoms with Crippen molar-refractivity contribution in [3.63, 3.8) is 0 Å². The smallest absolute Gasteiger partial charge is 0.274 e. The maximum Gasteiger partial charge on any atom is 0.274 e. The molecule has 1 saturated carbocycles. The molecule has 10 heteroatoms. The van der Waals surface area contributed by atoms with Crippen LogP contribution in [0.2, 0.25) is 0 Å². The van der Waals surface area contributed by atoms with Crippen LogP contribution in [0.3, 0.4) is 0 Å². The van der Waals surface area contributed by atoms with E-state index in [-0.39, 0.29) is 11.6 Å².